The fourth-order valence-electron chi connectivity index (χ4n) is 0.668. The molecule has 0 aromatic heterocycles. The summed E-state index contributed by atoms with van der Waals surface area (Å²) in [5.41, 5.74) is -1.35. The van der Waals surface area contributed by atoms with E-state index < -0.39 is 25.6 Å². The Labute approximate surface area is 84.7 Å². The van der Waals surface area contributed by atoms with Crippen LogP contribution in [0, 0.1) is 0 Å². The largest absolute Gasteiger partial charge is 0.433 e. The Morgan fingerprint density at radius 1 is 1.27 bits per heavy atom. The minimum Gasteiger partial charge on any atom is -0.399 e. The molecular formula is C6H11F3NO4P. The lowest BCUT2D eigenvalue weighted by atomic mass is 10.4. The molecule has 0 unspecified atom stereocenters. The molecule has 0 radical (unpaired) electrons. The third kappa shape index (κ3) is 4.63. The molecule has 0 amide bonds. The summed E-state index contributed by atoms with van der Waals surface area (Å²) in [6.07, 6.45) is -5.72. The van der Waals surface area contributed by atoms with Crippen molar-refractivity contribution in [1.29, 1.82) is 0 Å². The van der Waals surface area contributed by atoms with Crippen molar-refractivity contribution in [2.45, 2.75) is 6.18 Å². The fraction of sp³-hybridized carbons (Fsp3) is 0.833. The maximum absolute atomic E-state index is 12.3. The molecule has 0 aliphatic rings. The van der Waals surface area contributed by atoms with Crippen molar-refractivity contribution in [2.24, 2.45) is 5.16 Å². The highest BCUT2D eigenvalue weighted by Crippen LogP contribution is 2.47. The molecule has 0 aliphatic heterocycles. The summed E-state index contributed by atoms with van der Waals surface area (Å²) in [7, 11) is -0.857. The lowest BCUT2D eigenvalue weighted by Gasteiger charge is -2.15. The molecule has 9 heteroatoms. The van der Waals surface area contributed by atoms with Gasteiger partial charge in [0.1, 0.15) is 13.3 Å². The smallest absolute Gasteiger partial charge is 0.399 e. The molecule has 0 N–H and O–H groups in total. The Morgan fingerprint density at radius 2 is 1.73 bits per heavy atom. The Kier molecular flexibility index (Phi) is 5.27. The summed E-state index contributed by atoms with van der Waals surface area (Å²) < 4.78 is 56.9. The van der Waals surface area contributed by atoms with Crippen molar-refractivity contribution in [1.82, 2.24) is 0 Å². The molecule has 90 valence electrons. The first kappa shape index (κ1) is 14.4. The standard InChI is InChI=1S/C6H11F3NO4P/c1-12-10-5(6(7,8)9)4-15(11,13-2)14-3/h4H2,1-3H3/b10-5+. The van der Waals surface area contributed by atoms with E-state index >= 15 is 0 Å². The second-order valence-electron chi connectivity index (χ2n) is 2.35. The van der Waals surface area contributed by atoms with Crippen LogP contribution in [0.15, 0.2) is 5.16 Å². The van der Waals surface area contributed by atoms with Gasteiger partial charge in [0.2, 0.25) is 0 Å². The SMILES string of the molecule is CO/N=C(\CP(=O)(OC)OC)C(F)(F)F. The highest BCUT2D eigenvalue weighted by Gasteiger charge is 2.41. The van der Waals surface area contributed by atoms with E-state index in [1.807, 2.05) is 0 Å². The molecule has 0 spiro atoms. The summed E-state index contributed by atoms with van der Waals surface area (Å²) >= 11 is 0. The van der Waals surface area contributed by atoms with E-state index in [0.29, 0.717) is 0 Å². The van der Waals surface area contributed by atoms with Crippen LogP contribution >= 0.6 is 7.60 Å². The number of hydrogen-bond acceptors (Lipinski definition) is 5. The molecule has 0 aliphatic carbocycles. The van der Waals surface area contributed by atoms with Crippen molar-refractivity contribution in [3.8, 4) is 0 Å². The predicted molar refractivity (Wildman–Crippen MR) is 47.0 cm³/mol. The molecular weight excluding hydrogens is 238 g/mol. The van der Waals surface area contributed by atoms with Crippen LogP contribution in [0.1, 0.15) is 0 Å². The second-order valence-corrected chi connectivity index (χ2v) is 4.62. The predicted octanol–water partition coefficient (Wildman–Crippen LogP) is 2.04. The summed E-state index contributed by atoms with van der Waals surface area (Å²) in [4.78, 5) is 4.00. The van der Waals surface area contributed by atoms with E-state index in [0.717, 1.165) is 21.3 Å². The molecule has 5 nitrogen and oxygen atoms in total. The number of nitrogens with zero attached hydrogens (tertiary/aromatic N) is 1. The minimum atomic E-state index is -4.73. The monoisotopic (exact) mass is 249 g/mol. The Balaban J connectivity index is 4.86. The lowest BCUT2D eigenvalue weighted by molar-refractivity contribution is -0.0621. The van der Waals surface area contributed by atoms with Gasteiger partial charge in [-0.2, -0.15) is 13.2 Å². The van der Waals surface area contributed by atoms with Gasteiger partial charge in [-0.1, -0.05) is 5.16 Å². The van der Waals surface area contributed by atoms with Crippen LogP contribution in [0.3, 0.4) is 0 Å². The quantitative estimate of drug-likeness (QED) is 0.425. The number of halogens is 3. The molecule has 0 bridgehead atoms. The van der Waals surface area contributed by atoms with Crippen LogP contribution in [0.4, 0.5) is 13.2 Å². The molecule has 0 saturated carbocycles. The zero-order valence-corrected chi connectivity index (χ0v) is 9.26. The molecule has 0 rings (SSSR count). The van der Waals surface area contributed by atoms with Crippen LogP contribution in [-0.4, -0.2) is 39.4 Å². The third-order valence-corrected chi connectivity index (χ3v) is 3.23. The van der Waals surface area contributed by atoms with Gasteiger partial charge < -0.3 is 13.9 Å². The first-order valence-electron chi connectivity index (χ1n) is 3.67. The fourth-order valence-corrected chi connectivity index (χ4v) is 1.68. The summed E-state index contributed by atoms with van der Waals surface area (Å²) in [5.74, 6) is 0. The summed E-state index contributed by atoms with van der Waals surface area (Å²) in [5, 5.41) is 2.74. The van der Waals surface area contributed by atoms with Crippen LogP contribution in [0.5, 0.6) is 0 Å². The molecule has 0 fully saturated rings. The Bertz CT molecular complexity index is 270. The average molecular weight is 249 g/mol. The van der Waals surface area contributed by atoms with Gasteiger partial charge in [-0.25, -0.2) is 0 Å². The molecule has 0 aromatic carbocycles. The lowest BCUT2D eigenvalue weighted by Crippen LogP contribution is -2.27. The normalized spacial score (nSPS) is 14.1. The van der Waals surface area contributed by atoms with Crippen molar-refractivity contribution >= 4 is 13.3 Å². The molecule has 0 aromatic rings. The number of oxime groups is 1. The van der Waals surface area contributed by atoms with Crippen LogP contribution in [0.25, 0.3) is 0 Å². The maximum atomic E-state index is 12.3. The van der Waals surface area contributed by atoms with Gasteiger partial charge in [0.25, 0.3) is 0 Å². The van der Waals surface area contributed by atoms with Gasteiger partial charge in [-0.3, -0.25) is 4.57 Å². The van der Waals surface area contributed by atoms with Crippen molar-refractivity contribution in [2.75, 3.05) is 27.5 Å². The van der Waals surface area contributed by atoms with Gasteiger partial charge >= 0.3 is 13.8 Å². The third-order valence-electron chi connectivity index (χ3n) is 1.43. The number of alkyl halides is 3. The highest BCUT2D eigenvalue weighted by molar-refractivity contribution is 7.54. The van der Waals surface area contributed by atoms with E-state index in [1.165, 1.54) is 0 Å². The van der Waals surface area contributed by atoms with Gasteiger partial charge in [-0.15, -0.1) is 0 Å². The first-order chi connectivity index (χ1) is 6.79. The molecule has 0 saturated heterocycles. The molecule has 0 heterocycles. The van der Waals surface area contributed by atoms with Crippen LogP contribution < -0.4 is 0 Å². The number of hydrogen-bond donors (Lipinski definition) is 0. The zero-order valence-electron chi connectivity index (χ0n) is 8.37. The average Bonchev–Trinajstić information content (AvgIpc) is 2.15. The van der Waals surface area contributed by atoms with E-state index in [2.05, 4.69) is 19.0 Å². The summed E-state index contributed by atoms with van der Waals surface area (Å²) in [6, 6.07) is 0. The highest BCUT2D eigenvalue weighted by atomic mass is 31.2. The van der Waals surface area contributed by atoms with Crippen molar-refractivity contribution < 1.29 is 31.6 Å². The van der Waals surface area contributed by atoms with Crippen LogP contribution in [0.2, 0.25) is 0 Å². The van der Waals surface area contributed by atoms with E-state index in [1.54, 1.807) is 0 Å². The van der Waals surface area contributed by atoms with Gasteiger partial charge in [0.05, 0.1) is 0 Å². The van der Waals surface area contributed by atoms with Gasteiger partial charge in [0.15, 0.2) is 5.71 Å². The van der Waals surface area contributed by atoms with Gasteiger partial charge in [0, 0.05) is 14.2 Å². The Hall–Kier alpha value is -0.590. The van der Waals surface area contributed by atoms with E-state index in [-0.39, 0.29) is 0 Å². The maximum Gasteiger partial charge on any atom is 0.433 e. The minimum absolute atomic E-state index is 0.955. The van der Waals surface area contributed by atoms with Crippen molar-refractivity contribution in [3.63, 3.8) is 0 Å². The zero-order chi connectivity index (χ0) is 12.1. The Morgan fingerprint density at radius 3 is 2.00 bits per heavy atom. The molecule has 0 atom stereocenters. The second kappa shape index (κ2) is 5.48. The van der Waals surface area contributed by atoms with Crippen molar-refractivity contribution in [3.05, 3.63) is 0 Å². The summed E-state index contributed by atoms with van der Waals surface area (Å²) in [6.45, 7) is 0. The van der Waals surface area contributed by atoms with E-state index in [4.69, 9.17) is 0 Å². The van der Waals surface area contributed by atoms with Gasteiger partial charge in [-0.05, 0) is 0 Å². The first-order valence-corrected chi connectivity index (χ1v) is 5.39. The van der Waals surface area contributed by atoms with Crippen LogP contribution in [-0.2, 0) is 18.5 Å². The number of rotatable bonds is 5. The topological polar surface area (TPSA) is 57.1 Å². The molecule has 15 heavy (non-hydrogen) atoms. The van der Waals surface area contributed by atoms with E-state index in [9.17, 15) is 17.7 Å².